The average Bonchev–Trinajstić information content (AvgIpc) is 2.29. The molecule has 4 aliphatic rings. The van der Waals surface area contributed by atoms with E-state index in [1.165, 1.54) is 0 Å². The van der Waals surface area contributed by atoms with E-state index in [0.717, 1.165) is 0 Å². The van der Waals surface area contributed by atoms with Crippen molar-refractivity contribution in [3.05, 3.63) is 0 Å². The molecule has 0 aliphatic carbocycles. The molecule has 0 saturated carbocycles. The van der Waals surface area contributed by atoms with Crippen LogP contribution in [0.15, 0.2) is 0 Å². The number of carbonyl (C=O) groups is 16. The Kier molecular flexibility index (Phi) is 36.9. The quantitative estimate of drug-likeness (QED) is 0.0238. The summed E-state index contributed by atoms with van der Waals surface area (Å²) < 4.78 is 85.8. The summed E-state index contributed by atoms with van der Waals surface area (Å²) >= 11 is 0. The van der Waals surface area contributed by atoms with Gasteiger partial charge < -0.3 is 95.1 Å². The summed E-state index contributed by atoms with van der Waals surface area (Å²) in [4.78, 5) is 208. The van der Waals surface area contributed by atoms with E-state index in [-0.39, 0.29) is 184 Å². The van der Waals surface area contributed by atoms with Crippen molar-refractivity contribution in [1.82, 2.24) is 20.3 Å². The Labute approximate surface area is 527 Å². The molecule has 4 heterocycles. The van der Waals surface area contributed by atoms with Crippen molar-refractivity contribution >= 4 is 95.0 Å². The van der Waals surface area contributed by atoms with Crippen LogP contribution in [0.1, 0.15) is 51.4 Å². The highest BCUT2D eigenvalue weighted by Crippen LogP contribution is 2.22. The van der Waals surface area contributed by atoms with Crippen molar-refractivity contribution in [1.29, 1.82) is 0 Å². The second-order valence-electron chi connectivity index (χ2n) is 19.2. The standard InChI is InChI=1S/C53H72N4O36/c58-37-1-2-38(59)54(37)90-49(70)29-82-25-45(66)86-21-17-74-9-13-78-33-53(34-79-14-10-75-18-22-87-46(67)26-83-30-50(71)91-55-39(60)3-4-40(55)61,35-80-15-11-76-19-23-88-47(68)27-84-31-51(72)92-56-41(62)5-6-42(56)63)36-81-16-12-77-20-24-89-48(69)28-85-32-52(73)93-57-43(64)7-8-44(57)65/h1-36H2. The lowest BCUT2D eigenvalue weighted by Gasteiger charge is -2.33. The Morgan fingerprint density at radius 3 is 0.581 bits per heavy atom. The normalized spacial score (nSPS) is 15.0. The van der Waals surface area contributed by atoms with Gasteiger partial charge in [-0.25, -0.2) is 38.4 Å². The third kappa shape index (κ3) is 32.3. The number of rotatable bonds is 52. The van der Waals surface area contributed by atoms with Crippen LogP contribution in [-0.4, -0.2) is 300 Å². The van der Waals surface area contributed by atoms with E-state index in [1.807, 2.05) is 0 Å². The smallest absolute Gasteiger partial charge is 0.358 e. The van der Waals surface area contributed by atoms with Gasteiger partial charge in [-0.3, -0.25) is 38.4 Å². The average molecular weight is 1340 g/mol. The summed E-state index contributed by atoms with van der Waals surface area (Å²) in [6.45, 7) is -7.62. The van der Waals surface area contributed by atoms with Crippen LogP contribution in [0.4, 0.5) is 0 Å². The molecule has 0 aromatic heterocycles. The number of imide groups is 4. The number of hydrogen-bond acceptors (Lipinski definition) is 36. The minimum Gasteiger partial charge on any atom is -0.462 e. The molecule has 0 unspecified atom stereocenters. The molecular formula is C53H72N4O36. The molecule has 0 spiro atoms. The summed E-state index contributed by atoms with van der Waals surface area (Å²) in [7, 11) is 0. The molecule has 0 bridgehead atoms. The Balaban J connectivity index is 1.22. The third-order valence-corrected chi connectivity index (χ3v) is 11.6. The van der Waals surface area contributed by atoms with E-state index >= 15 is 0 Å². The fourth-order valence-corrected chi connectivity index (χ4v) is 7.32. The van der Waals surface area contributed by atoms with E-state index in [1.54, 1.807) is 0 Å². The second-order valence-corrected chi connectivity index (χ2v) is 19.2. The van der Waals surface area contributed by atoms with Crippen molar-refractivity contribution in [2.75, 3.05) is 185 Å². The first-order valence-corrected chi connectivity index (χ1v) is 28.6. The number of hydrogen-bond donors (Lipinski definition) is 0. The van der Waals surface area contributed by atoms with Gasteiger partial charge in [0.25, 0.3) is 47.3 Å². The first kappa shape index (κ1) is 77.3. The zero-order chi connectivity index (χ0) is 67.6. The minimum absolute atomic E-state index is 0.0209. The van der Waals surface area contributed by atoms with Crippen LogP contribution < -0.4 is 0 Å². The second kappa shape index (κ2) is 44.4. The maximum atomic E-state index is 12.1. The molecule has 4 saturated heterocycles. The van der Waals surface area contributed by atoms with Gasteiger partial charge in [-0.15, -0.1) is 20.3 Å². The van der Waals surface area contributed by atoms with E-state index in [0.29, 0.717) is 20.3 Å². The van der Waals surface area contributed by atoms with E-state index in [9.17, 15) is 76.7 Å². The van der Waals surface area contributed by atoms with Crippen molar-refractivity contribution in [3.8, 4) is 0 Å². The lowest BCUT2D eigenvalue weighted by molar-refractivity contribution is -0.200. The van der Waals surface area contributed by atoms with Crippen LogP contribution in [-0.2, 0) is 172 Å². The molecule has 93 heavy (non-hydrogen) atoms. The SMILES string of the molecule is O=C(COCC(=O)ON1C(=O)CCC1=O)OCCOCCOCC(COCCOCCOC(=O)COCC(=O)ON1C(=O)CCC1=O)(COCCOCCOC(=O)COCC(=O)ON1C(=O)CCC1=O)COCCOCCOC(=O)COCC(=O)ON1C(=O)CCC1=O. The minimum atomic E-state index is -1.11. The van der Waals surface area contributed by atoms with Gasteiger partial charge in [0.1, 0.15) is 79.3 Å². The monoisotopic (exact) mass is 1340 g/mol. The zero-order valence-electron chi connectivity index (χ0n) is 50.4. The summed E-state index contributed by atoms with van der Waals surface area (Å²) in [6.07, 6.45) is -0.860. The molecule has 520 valence electrons. The maximum Gasteiger partial charge on any atom is 0.358 e. The first-order valence-electron chi connectivity index (χ1n) is 28.6. The van der Waals surface area contributed by atoms with Crippen LogP contribution in [0.3, 0.4) is 0 Å². The molecule has 40 nitrogen and oxygen atoms in total. The largest absolute Gasteiger partial charge is 0.462 e. The number of ether oxygens (including phenoxy) is 16. The van der Waals surface area contributed by atoms with Crippen molar-refractivity contribution in [2.24, 2.45) is 5.41 Å². The van der Waals surface area contributed by atoms with Crippen molar-refractivity contribution in [3.63, 3.8) is 0 Å². The number of amides is 8. The Bertz CT molecular complexity index is 2160. The van der Waals surface area contributed by atoms with Crippen LogP contribution in [0.5, 0.6) is 0 Å². The predicted molar refractivity (Wildman–Crippen MR) is 285 cm³/mol. The van der Waals surface area contributed by atoms with Gasteiger partial charge >= 0.3 is 47.8 Å². The molecule has 40 heteroatoms. The number of nitrogens with zero attached hydrogens (tertiary/aromatic N) is 4. The van der Waals surface area contributed by atoms with E-state index in [4.69, 9.17) is 75.8 Å². The predicted octanol–water partition coefficient (Wildman–Crippen LogP) is -5.23. The van der Waals surface area contributed by atoms with E-state index in [2.05, 4.69) is 19.4 Å². The Morgan fingerprint density at radius 2 is 0.387 bits per heavy atom. The van der Waals surface area contributed by atoms with Gasteiger partial charge in [0, 0.05) is 51.4 Å². The van der Waals surface area contributed by atoms with Gasteiger partial charge in [0.15, 0.2) is 0 Å². The number of hydroxylamine groups is 8. The van der Waals surface area contributed by atoms with Gasteiger partial charge in [0.2, 0.25) is 0 Å². The molecule has 4 aliphatic heterocycles. The Morgan fingerprint density at radius 1 is 0.226 bits per heavy atom. The molecule has 8 amide bonds. The molecule has 0 N–H and O–H groups in total. The molecule has 4 rings (SSSR count). The lowest BCUT2D eigenvalue weighted by atomic mass is 9.92. The highest BCUT2D eigenvalue weighted by atomic mass is 16.8. The topological polar surface area (TPSA) is 471 Å². The number of esters is 4. The molecular weight excluding hydrogens is 1270 g/mol. The Hall–Kier alpha value is -8.16. The summed E-state index contributed by atoms with van der Waals surface area (Å²) in [5.41, 5.74) is -1.11. The summed E-state index contributed by atoms with van der Waals surface area (Å²) in [6, 6.07) is 0. The highest BCUT2D eigenvalue weighted by Gasteiger charge is 2.37. The van der Waals surface area contributed by atoms with Gasteiger partial charge in [-0.1, -0.05) is 0 Å². The lowest BCUT2D eigenvalue weighted by Crippen LogP contribution is -2.43. The van der Waals surface area contributed by atoms with Crippen molar-refractivity contribution < 1.29 is 172 Å². The zero-order valence-corrected chi connectivity index (χ0v) is 50.4. The van der Waals surface area contributed by atoms with E-state index < -0.39 is 153 Å². The molecule has 4 fully saturated rings. The van der Waals surface area contributed by atoms with Gasteiger partial charge in [-0.05, 0) is 0 Å². The molecule has 0 radical (unpaired) electrons. The van der Waals surface area contributed by atoms with Crippen molar-refractivity contribution in [2.45, 2.75) is 51.4 Å². The van der Waals surface area contributed by atoms with Crippen LogP contribution in [0.2, 0.25) is 0 Å². The van der Waals surface area contributed by atoms with Crippen LogP contribution in [0.25, 0.3) is 0 Å². The fourth-order valence-electron chi connectivity index (χ4n) is 7.32. The molecule has 0 aromatic rings. The summed E-state index contributed by atoms with van der Waals surface area (Å²) in [5, 5.41) is 1.32. The molecule has 0 atom stereocenters. The highest BCUT2D eigenvalue weighted by molar-refractivity contribution is 6.03. The first-order chi connectivity index (χ1) is 44.7. The van der Waals surface area contributed by atoms with Gasteiger partial charge in [0.05, 0.1) is 111 Å². The maximum absolute atomic E-state index is 12.1. The third-order valence-electron chi connectivity index (χ3n) is 11.6. The number of carbonyl (C=O) groups excluding carboxylic acids is 16. The summed E-state index contributed by atoms with van der Waals surface area (Å²) in [5.74, 6) is -13.3. The van der Waals surface area contributed by atoms with Gasteiger partial charge in [-0.2, -0.15) is 0 Å². The molecule has 0 aromatic carbocycles. The van der Waals surface area contributed by atoms with Crippen LogP contribution in [0, 0.1) is 5.41 Å². The van der Waals surface area contributed by atoms with Crippen LogP contribution >= 0.6 is 0 Å². The fraction of sp³-hybridized carbons (Fsp3) is 0.698.